The van der Waals surface area contributed by atoms with Crippen molar-refractivity contribution in [2.75, 3.05) is 13.2 Å². The minimum absolute atomic E-state index is 0.0732. The number of halogens is 4. The molecule has 0 aliphatic rings. The lowest BCUT2D eigenvalue weighted by Gasteiger charge is -2.15. The van der Waals surface area contributed by atoms with E-state index in [0.717, 1.165) is 0 Å². The lowest BCUT2D eigenvalue weighted by atomic mass is 10.1. The van der Waals surface area contributed by atoms with E-state index in [-0.39, 0.29) is 29.9 Å². The maximum Gasteiger partial charge on any atom is 0.490 e. The molecule has 2 amide bonds. The van der Waals surface area contributed by atoms with E-state index in [4.69, 9.17) is 26.5 Å². The molecule has 0 saturated heterocycles. The van der Waals surface area contributed by atoms with E-state index < -0.39 is 42.6 Å². The Morgan fingerprint density at radius 2 is 1.58 bits per heavy atom. The van der Waals surface area contributed by atoms with E-state index in [2.05, 4.69) is 10.3 Å². The molecule has 0 fully saturated rings. The highest BCUT2D eigenvalue weighted by atomic mass is 19.4. The van der Waals surface area contributed by atoms with Gasteiger partial charge in [0.05, 0.1) is 11.1 Å². The van der Waals surface area contributed by atoms with E-state index >= 15 is 0 Å². The summed E-state index contributed by atoms with van der Waals surface area (Å²) < 4.78 is 43.9. The van der Waals surface area contributed by atoms with Crippen molar-refractivity contribution >= 4 is 29.6 Å². The van der Waals surface area contributed by atoms with Gasteiger partial charge in [0.15, 0.2) is 0 Å². The predicted octanol–water partition coefficient (Wildman–Crippen LogP) is 0.709. The van der Waals surface area contributed by atoms with Gasteiger partial charge < -0.3 is 27.0 Å². The highest BCUT2D eigenvalue weighted by molar-refractivity contribution is 6.05. The second-order valence-corrected chi connectivity index (χ2v) is 5.73. The normalized spacial score (nSPS) is 12.2. The van der Waals surface area contributed by atoms with Crippen molar-refractivity contribution in [3.05, 3.63) is 35.4 Å². The first-order valence-electron chi connectivity index (χ1n) is 8.38. The van der Waals surface area contributed by atoms with Gasteiger partial charge in [-0.15, -0.1) is 0 Å². The Labute approximate surface area is 172 Å². The molecule has 0 heterocycles. The quantitative estimate of drug-likeness (QED) is 0.158. The topological polar surface area (TPSA) is 185 Å². The van der Waals surface area contributed by atoms with Gasteiger partial charge in [0, 0.05) is 6.54 Å². The number of nitrogens with one attached hydrogen (secondary N) is 1. The number of nitrogens with two attached hydrogens (primary N) is 2. The number of carbonyl (C=O) groups excluding carboxylic acids is 2. The number of hydrogen-bond acceptors (Lipinski definition) is 5. The average Bonchev–Trinajstić information content (AvgIpc) is 2.69. The average molecular weight is 452 g/mol. The number of carbonyl (C=O) groups is 4. The summed E-state index contributed by atoms with van der Waals surface area (Å²) in [6.07, 6.45) is -4.57. The first kappa shape index (κ1) is 27.3. The van der Waals surface area contributed by atoms with Crippen LogP contribution >= 0.6 is 0 Å². The molecule has 0 unspecified atom stereocenters. The summed E-state index contributed by atoms with van der Waals surface area (Å²) in [6.45, 7) is -0.678. The van der Waals surface area contributed by atoms with Gasteiger partial charge in [0.25, 0.3) is 5.91 Å². The Morgan fingerprint density at radius 1 is 1.06 bits per heavy atom. The van der Waals surface area contributed by atoms with Gasteiger partial charge in [-0.25, -0.2) is 14.0 Å². The molecule has 1 aromatic rings. The van der Waals surface area contributed by atoms with Crippen molar-refractivity contribution in [2.24, 2.45) is 16.5 Å². The molecular weight excluding hydrogens is 432 g/mol. The van der Waals surface area contributed by atoms with E-state index in [1.165, 1.54) is 24.3 Å². The summed E-state index contributed by atoms with van der Waals surface area (Å²) >= 11 is 0. The van der Waals surface area contributed by atoms with Crippen LogP contribution in [0.3, 0.4) is 0 Å². The molecule has 0 aromatic heterocycles. The summed E-state index contributed by atoms with van der Waals surface area (Å²) in [7, 11) is 0. The molecule has 0 bridgehead atoms. The zero-order valence-corrected chi connectivity index (χ0v) is 15.9. The minimum atomic E-state index is -5.08. The maximum absolute atomic E-state index is 12.2. The Hall–Kier alpha value is -3.71. The van der Waals surface area contributed by atoms with Crippen LogP contribution in [0.15, 0.2) is 29.3 Å². The highest BCUT2D eigenvalue weighted by Crippen LogP contribution is 2.13. The smallest absolute Gasteiger partial charge is 0.478 e. The number of rotatable bonds is 9. The lowest BCUT2D eigenvalue weighted by Crippen LogP contribution is -2.44. The van der Waals surface area contributed by atoms with Crippen LogP contribution in [0.4, 0.5) is 17.6 Å². The predicted molar refractivity (Wildman–Crippen MR) is 99.2 cm³/mol. The van der Waals surface area contributed by atoms with Crippen molar-refractivity contribution < 1.29 is 47.0 Å². The van der Waals surface area contributed by atoms with Gasteiger partial charge in [-0.3, -0.25) is 14.6 Å². The first-order chi connectivity index (χ1) is 14.3. The molecule has 0 aliphatic carbocycles. The van der Waals surface area contributed by atoms with E-state index in [9.17, 15) is 31.9 Å². The number of nitrogens with zero attached hydrogens (tertiary/aromatic N) is 1. The number of aromatic carboxylic acids is 1. The molecule has 1 rings (SSSR count). The number of alkyl halides is 4. The van der Waals surface area contributed by atoms with Crippen LogP contribution in [0.5, 0.6) is 0 Å². The molecule has 7 N–H and O–H groups in total. The summed E-state index contributed by atoms with van der Waals surface area (Å²) in [5.41, 5.74) is 10.2. The van der Waals surface area contributed by atoms with Gasteiger partial charge in [0.1, 0.15) is 18.6 Å². The number of aliphatic imine (C=N–C) groups is 1. The fourth-order valence-corrected chi connectivity index (χ4v) is 1.95. The number of carboxylic acids is 2. The molecular formula is C17H20F4N4O6. The van der Waals surface area contributed by atoms with Crippen LogP contribution in [0.25, 0.3) is 0 Å². The van der Waals surface area contributed by atoms with Gasteiger partial charge in [-0.05, 0) is 25.0 Å². The Morgan fingerprint density at radius 3 is 2.00 bits per heavy atom. The first-order valence-corrected chi connectivity index (χ1v) is 8.38. The van der Waals surface area contributed by atoms with Crippen molar-refractivity contribution in [1.82, 2.24) is 5.32 Å². The van der Waals surface area contributed by atoms with Crippen LogP contribution in [0.2, 0.25) is 0 Å². The summed E-state index contributed by atoms with van der Waals surface area (Å²) in [6, 6.07) is 4.61. The minimum Gasteiger partial charge on any atom is -0.478 e. The Balaban J connectivity index is 0.00000110. The summed E-state index contributed by atoms with van der Waals surface area (Å²) in [5, 5.41) is 18.6. The van der Waals surface area contributed by atoms with Crippen LogP contribution in [-0.4, -0.2) is 65.2 Å². The number of carboxylic acid groups (broad SMARTS) is 2. The monoisotopic (exact) mass is 452 g/mol. The fraction of sp³-hybridized carbons (Fsp3) is 0.353. The fourth-order valence-electron chi connectivity index (χ4n) is 1.95. The van der Waals surface area contributed by atoms with Crippen molar-refractivity contribution in [2.45, 2.75) is 25.1 Å². The number of amides is 2. The maximum atomic E-state index is 12.2. The summed E-state index contributed by atoms with van der Waals surface area (Å²) in [5.74, 6) is -5.65. The molecule has 0 radical (unpaired) electrons. The van der Waals surface area contributed by atoms with Gasteiger partial charge in [0.2, 0.25) is 5.91 Å². The number of primary amides is 1. The Bertz CT molecular complexity index is 829. The SMILES string of the molecule is NC(=O)[C@H](CCCN=C(N)CF)NC(=O)c1ccccc1C(=O)O.O=C(O)C(F)(F)F. The molecule has 0 aliphatic heterocycles. The molecule has 14 heteroatoms. The van der Waals surface area contributed by atoms with E-state index in [0.29, 0.717) is 6.42 Å². The third-order valence-electron chi connectivity index (χ3n) is 3.40. The zero-order chi connectivity index (χ0) is 24.2. The van der Waals surface area contributed by atoms with Gasteiger partial charge >= 0.3 is 18.1 Å². The van der Waals surface area contributed by atoms with Crippen molar-refractivity contribution in [3.8, 4) is 0 Å². The Kier molecular flexibility index (Phi) is 11.2. The molecule has 1 atom stereocenters. The van der Waals surface area contributed by atoms with Crippen molar-refractivity contribution in [3.63, 3.8) is 0 Å². The second-order valence-electron chi connectivity index (χ2n) is 5.73. The van der Waals surface area contributed by atoms with Crippen LogP contribution in [0, 0.1) is 0 Å². The third kappa shape index (κ3) is 10.6. The van der Waals surface area contributed by atoms with Gasteiger partial charge in [-0.1, -0.05) is 12.1 Å². The van der Waals surface area contributed by atoms with E-state index in [1.54, 1.807) is 0 Å². The largest absolute Gasteiger partial charge is 0.490 e. The zero-order valence-electron chi connectivity index (χ0n) is 15.9. The number of amidine groups is 1. The molecule has 0 spiro atoms. The van der Waals surface area contributed by atoms with Crippen molar-refractivity contribution in [1.29, 1.82) is 0 Å². The molecule has 31 heavy (non-hydrogen) atoms. The van der Waals surface area contributed by atoms with Crippen LogP contribution in [0.1, 0.15) is 33.6 Å². The van der Waals surface area contributed by atoms with Gasteiger partial charge in [-0.2, -0.15) is 13.2 Å². The second kappa shape index (κ2) is 12.8. The molecule has 0 saturated carbocycles. The van der Waals surface area contributed by atoms with E-state index in [1.807, 2.05) is 0 Å². The molecule has 10 nitrogen and oxygen atoms in total. The molecule has 1 aromatic carbocycles. The lowest BCUT2D eigenvalue weighted by molar-refractivity contribution is -0.192. The van der Waals surface area contributed by atoms with Crippen LogP contribution < -0.4 is 16.8 Å². The molecule has 172 valence electrons. The number of hydrogen-bond donors (Lipinski definition) is 5. The van der Waals surface area contributed by atoms with Crippen LogP contribution in [-0.2, 0) is 9.59 Å². The number of benzene rings is 1. The number of aliphatic carboxylic acids is 1. The highest BCUT2D eigenvalue weighted by Gasteiger charge is 2.38. The standard InChI is InChI=1S/C15H19FN4O4.C2HF3O2/c16-8-12(17)19-7-3-6-11(13(18)21)20-14(22)9-4-1-2-5-10(9)15(23)24;3-2(4,5)1(6)7/h1-2,4-5,11H,3,6-8H2,(H2,17,19)(H2,18,21)(H,20,22)(H,23,24);(H,6,7)/t11-;/m0./s1. The third-order valence-corrected chi connectivity index (χ3v) is 3.40. The summed E-state index contributed by atoms with van der Waals surface area (Å²) in [4.78, 5) is 47.4.